The van der Waals surface area contributed by atoms with E-state index in [0.29, 0.717) is 11.0 Å². The molecule has 1 aliphatic heterocycles. The van der Waals surface area contributed by atoms with Crippen LogP contribution in [0.4, 0.5) is 0 Å². The lowest BCUT2D eigenvalue weighted by Gasteiger charge is -2.34. The molecule has 1 atom stereocenters. The highest BCUT2D eigenvalue weighted by atomic mass is 32.2. The molecule has 2 aromatic heterocycles. The minimum absolute atomic E-state index is 0.0721. The number of carbonyl (C=O) groups is 1. The van der Waals surface area contributed by atoms with Crippen LogP contribution in [0.1, 0.15) is 30.3 Å². The topological polar surface area (TPSA) is 59.2 Å². The normalized spacial score (nSPS) is 17.4. The largest absolute Gasteiger partial charge is 0.431 e. The van der Waals surface area contributed by atoms with Crippen LogP contribution in [0, 0.1) is 0 Å². The fourth-order valence-electron chi connectivity index (χ4n) is 3.64. The first-order valence-corrected chi connectivity index (χ1v) is 11.2. The molecule has 0 unspecified atom stereocenters. The Morgan fingerprint density at radius 1 is 1.11 bits per heavy atom. The molecule has 0 saturated carbocycles. The van der Waals surface area contributed by atoms with E-state index >= 15 is 0 Å². The van der Waals surface area contributed by atoms with Gasteiger partial charge in [0.05, 0.1) is 22.0 Å². The summed E-state index contributed by atoms with van der Waals surface area (Å²) in [5, 5.41) is 1.59. The van der Waals surface area contributed by atoms with Crippen molar-refractivity contribution >= 4 is 50.3 Å². The van der Waals surface area contributed by atoms with Crippen LogP contribution in [0.15, 0.2) is 58.2 Å². The van der Waals surface area contributed by atoms with Crippen LogP contribution in [0.5, 0.6) is 0 Å². The number of piperidine rings is 1. The van der Waals surface area contributed by atoms with E-state index in [-0.39, 0.29) is 11.9 Å². The zero-order valence-corrected chi connectivity index (χ0v) is 16.8. The summed E-state index contributed by atoms with van der Waals surface area (Å²) in [5.41, 5.74) is 2.59. The van der Waals surface area contributed by atoms with Crippen molar-refractivity contribution in [2.24, 2.45) is 0 Å². The number of oxazole rings is 1. The van der Waals surface area contributed by atoms with Crippen molar-refractivity contribution in [2.45, 2.75) is 30.5 Å². The number of likely N-dealkylation sites (tertiary alicyclic amines) is 1. The second-order valence-corrected chi connectivity index (χ2v) is 8.84. The number of aromatic nitrogens is 2. The molecule has 3 heterocycles. The number of thiazole rings is 1. The maximum atomic E-state index is 13.0. The summed E-state index contributed by atoms with van der Waals surface area (Å²) >= 11 is 3.06. The van der Waals surface area contributed by atoms with Gasteiger partial charge in [0.1, 0.15) is 10.5 Å². The van der Waals surface area contributed by atoms with Crippen molar-refractivity contribution in [1.82, 2.24) is 14.9 Å². The maximum absolute atomic E-state index is 13.0. The average Bonchev–Trinajstić information content (AvgIpc) is 3.35. The van der Waals surface area contributed by atoms with E-state index < -0.39 is 0 Å². The van der Waals surface area contributed by atoms with Crippen molar-refractivity contribution < 1.29 is 9.21 Å². The molecule has 2 aromatic carbocycles. The van der Waals surface area contributed by atoms with E-state index in [1.807, 2.05) is 47.4 Å². The predicted octanol–water partition coefficient (Wildman–Crippen LogP) is 5.28. The Morgan fingerprint density at radius 2 is 1.93 bits per heavy atom. The summed E-state index contributed by atoms with van der Waals surface area (Å²) in [6.07, 6.45) is 3.14. The minimum atomic E-state index is 0.0721. The summed E-state index contributed by atoms with van der Waals surface area (Å²) in [6.45, 7) is 0.785. The van der Waals surface area contributed by atoms with Crippen molar-refractivity contribution in [3.8, 4) is 0 Å². The third-order valence-electron chi connectivity index (χ3n) is 5.01. The molecule has 1 saturated heterocycles. The molecule has 28 heavy (non-hydrogen) atoms. The Balaban J connectivity index is 1.33. The molecule has 4 aromatic rings. The van der Waals surface area contributed by atoms with Gasteiger partial charge < -0.3 is 9.32 Å². The van der Waals surface area contributed by atoms with Crippen LogP contribution in [-0.2, 0) is 4.79 Å². The van der Waals surface area contributed by atoms with Gasteiger partial charge in [-0.05, 0) is 43.5 Å². The molecular formula is C21H19N3O2S2. The summed E-state index contributed by atoms with van der Waals surface area (Å²) in [5.74, 6) is 0.449. The van der Waals surface area contributed by atoms with E-state index in [9.17, 15) is 4.79 Å². The Hall–Kier alpha value is -2.38. The van der Waals surface area contributed by atoms with Gasteiger partial charge in [-0.25, -0.2) is 9.97 Å². The number of hydrogen-bond donors (Lipinski definition) is 0. The molecular weight excluding hydrogens is 390 g/mol. The van der Waals surface area contributed by atoms with Gasteiger partial charge in [-0.2, -0.15) is 0 Å². The maximum Gasteiger partial charge on any atom is 0.257 e. The summed E-state index contributed by atoms with van der Waals surface area (Å²) in [7, 11) is 0. The smallest absolute Gasteiger partial charge is 0.257 e. The third kappa shape index (κ3) is 3.40. The Kier molecular flexibility index (Phi) is 4.78. The van der Waals surface area contributed by atoms with Gasteiger partial charge in [0.15, 0.2) is 5.58 Å². The molecule has 0 aliphatic carbocycles. The standard InChI is InChI=1S/C21H19N3O2S2/c25-19(13-27-21-23-14-7-1-3-10-17(14)26-21)24-12-6-5-9-16(24)20-22-15-8-2-4-11-18(15)28-20/h1-4,7-8,10-11,16H,5-6,9,12-13H2/t16-/m0/s1. The van der Waals surface area contributed by atoms with E-state index in [1.54, 1.807) is 11.3 Å². The van der Waals surface area contributed by atoms with Gasteiger partial charge in [-0.15, -0.1) is 11.3 Å². The zero-order chi connectivity index (χ0) is 18.9. The lowest BCUT2D eigenvalue weighted by molar-refractivity contribution is -0.132. The fraction of sp³-hybridized carbons (Fsp3) is 0.286. The van der Waals surface area contributed by atoms with Gasteiger partial charge in [-0.1, -0.05) is 36.0 Å². The van der Waals surface area contributed by atoms with Crippen LogP contribution in [-0.4, -0.2) is 33.1 Å². The molecule has 0 radical (unpaired) electrons. The lowest BCUT2D eigenvalue weighted by Crippen LogP contribution is -2.39. The minimum Gasteiger partial charge on any atom is -0.431 e. The highest BCUT2D eigenvalue weighted by molar-refractivity contribution is 7.99. The lowest BCUT2D eigenvalue weighted by atomic mass is 10.0. The van der Waals surface area contributed by atoms with E-state index in [0.717, 1.165) is 47.4 Å². The number of thioether (sulfide) groups is 1. The fourth-order valence-corrected chi connectivity index (χ4v) is 5.48. The number of hydrogen-bond acceptors (Lipinski definition) is 6. The molecule has 0 N–H and O–H groups in total. The second-order valence-electron chi connectivity index (χ2n) is 6.85. The van der Waals surface area contributed by atoms with E-state index in [4.69, 9.17) is 9.40 Å². The second kappa shape index (κ2) is 7.56. The highest BCUT2D eigenvalue weighted by Crippen LogP contribution is 2.36. The van der Waals surface area contributed by atoms with E-state index in [1.165, 1.54) is 16.5 Å². The molecule has 7 heteroatoms. The van der Waals surface area contributed by atoms with E-state index in [2.05, 4.69) is 11.1 Å². The van der Waals surface area contributed by atoms with Crippen molar-refractivity contribution in [1.29, 1.82) is 0 Å². The molecule has 5 rings (SSSR count). The molecule has 1 aliphatic rings. The van der Waals surface area contributed by atoms with Crippen LogP contribution in [0.25, 0.3) is 21.3 Å². The Labute approximate surface area is 170 Å². The number of fused-ring (bicyclic) bond motifs is 2. The number of rotatable bonds is 4. The summed E-state index contributed by atoms with van der Waals surface area (Å²) in [6, 6.07) is 15.9. The molecule has 0 bridgehead atoms. The van der Waals surface area contributed by atoms with Crippen LogP contribution in [0.3, 0.4) is 0 Å². The number of carbonyl (C=O) groups excluding carboxylic acids is 1. The molecule has 0 spiro atoms. The molecule has 142 valence electrons. The van der Waals surface area contributed by atoms with Gasteiger partial charge >= 0.3 is 0 Å². The van der Waals surface area contributed by atoms with Crippen LogP contribution >= 0.6 is 23.1 Å². The quantitative estimate of drug-likeness (QED) is 0.429. The third-order valence-corrected chi connectivity index (χ3v) is 6.96. The first-order valence-electron chi connectivity index (χ1n) is 9.41. The van der Waals surface area contributed by atoms with Gasteiger partial charge in [0.2, 0.25) is 5.91 Å². The average molecular weight is 410 g/mol. The summed E-state index contributed by atoms with van der Waals surface area (Å²) < 4.78 is 6.91. The van der Waals surface area contributed by atoms with Crippen LogP contribution < -0.4 is 0 Å². The monoisotopic (exact) mass is 409 g/mol. The highest BCUT2D eigenvalue weighted by Gasteiger charge is 2.30. The Morgan fingerprint density at radius 3 is 2.79 bits per heavy atom. The Bertz CT molecular complexity index is 1070. The number of nitrogens with zero attached hydrogens (tertiary/aromatic N) is 3. The van der Waals surface area contributed by atoms with Crippen molar-refractivity contribution in [2.75, 3.05) is 12.3 Å². The van der Waals surface area contributed by atoms with Gasteiger partial charge in [-0.3, -0.25) is 4.79 Å². The van der Waals surface area contributed by atoms with Crippen LogP contribution in [0.2, 0.25) is 0 Å². The van der Waals surface area contributed by atoms with Crippen molar-refractivity contribution in [3.63, 3.8) is 0 Å². The number of benzene rings is 2. The zero-order valence-electron chi connectivity index (χ0n) is 15.2. The molecule has 1 fully saturated rings. The first kappa shape index (κ1) is 17.7. The SMILES string of the molecule is O=C(CSc1nc2ccccc2o1)N1CCCC[C@H]1c1nc2ccccc2s1. The summed E-state index contributed by atoms with van der Waals surface area (Å²) in [4.78, 5) is 24.2. The van der Waals surface area contributed by atoms with Gasteiger partial charge in [0, 0.05) is 6.54 Å². The molecule has 5 nitrogen and oxygen atoms in total. The van der Waals surface area contributed by atoms with Gasteiger partial charge in [0.25, 0.3) is 5.22 Å². The number of para-hydroxylation sites is 3. The predicted molar refractivity (Wildman–Crippen MR) is 113 cm³/mol. The number of amides is 1. The van der Waals surface area contributed by atoms with Crippen molar-refractivity contribution in [3.05, 3.63) is 53.5 Å². The first-order chi connectivity index (χ1) is 13.8. The molecule has 1 amide bonds.